The van der Waals surface area contributed by atoms with Crippen LogP contribution in [-0.4, -0.2) is 18.1 Å². The molecule has 0 aliphatic rings. The summed E-state index contributed by atoms with van der Waals surface area (Å²) in [5.74, 6) is 0.758. The fourth-order valence-corrected chi connectivity index (χ4v) is 2.32. The first-order valence-electron chi connectivity index (χ1n) is 6.04. The highest BCUT2D eigenvalue weighted by Crippen LogP contribution is 2.09. The molecule has 0 amide bonds. The molecule has 0 fully saturated rings. The maximum absolute atomic E-state index is 5.52. The highest BCUT2D eigenvalue weighted by molar-refractivity contribution is 7.09. The molecule has 0 saturated heterocycles. The van der Waals surface area contributed by atoms with Crippen molar-refractivity contribution < 1.29 is 0 Å². The highest BCUT2D eigenvalue weighted by Gasteiger charge is 2.01. The average Bonchev–Trinajstić information content (AvgIpc) is 2.64. The molecule has 0 saturated carbocycles. The molecule has 4 heteroatoms. The first-order chi connectivity index (χ1) is 7.72. The van der Waals surface area contributed by atoms with Crippen molar-refractivity contribution in [3.63, 3.8) is 0 Å². The van der Waals surface area contributed by atoms with E-state index in [9.17, 15) is 0 Å². The van der Waals surface area contributed by atoms with Gasteiger partial charge in [0.15, 0.2) is 0 Å². The lowest BCUT2D eigenvalue weighted by atomic mass is 10.0. The van der Waals surface area contributed by atoms with Crippen molar-refractivity contribution >= 4 is 11.3 Å². The first kappa shape index (κ1) is 13.6. The van der Waals surface area contributed by atoms with E-state index in [0.29, 0.717) is 0 Å². The molecule has 0 aliphatic heterocycles. The van der Waals surface area contributed by atoms with E-state index < -0.39 is 0 Å². The number of thiazole rings is 1. The predicted octanol–water partition coefficient (Wildman–Crippen LogP) is 2.31. The normalized spacial score (nSPS) is 12.9. The van der Waals surface area contributed by atoms with Gasteiger partial charge >= 0.3 is 0 Å². The zero-order valence-electron chi connectivity index (χ0n) is 10.3. The van der Waals surface area contributed by atoms with E-state index in [1.54, 1.807) is 11.3 Å². The van der Waals surface area contributed by atoms with Gasteiger partial charge in [0.1, 0.15) is 0 Å². The number of nitrogens with one attached hydrogen (secondary N) is 1. The summed E-state index contributed by atoms with van der Waals surface area (Å²) in [6.45, 7) is 7.10. The Labute approximate surface area is 102 Å². The van der Waals surface area contributed by atoms with E-state index in [4.69, 9.17) is 5.73 Å². The van der Waals surface area contributed by atoms with E-state index in [-0.39, 0.29) is 0 Å². The third-order valence-electron chi connectivity index (χ3n) is 2.68. The third-order valence-corrected chi connectivity index (χ3v) is 3.50. The summed E-state index contributed by atoms with van der Waals surface area (Å²) in [6, 6.07) is 0. The zero-order chi connectivity index (χ0) is 11.8. The van der Waals surface area contributed by atoms with Gasteiger partial charge < -0.3 is 11.1 Å². The van der Waals surface area contributed by atoms with Crippen LogP contribution >= 0.6 is 11.3 Å². The molecule has 0 bridgehead atoms. The van der Waals surface area contributed by atoms with Crippen LogP contribution in [0.25, 0.3) is 0 Å². The number of aryl methyl sites for hydroxylation is 1. The van der Waals surface area contributed by atoms with E-state index in [2.05, 4.69) is 22.6 Å². The fraction of sp³-hybridized carbons (Fsp3) is 0.750. The molecule has 16 heavy (non-hydrogen) atoms. The minimum absolute atomic E-state index is 0.758. The summed E-state index contributed by atoms with van der Waals surface area (Å²) in [5.41, 5.74) is 6.68. The van der Waals surface area contributed by atoms with Crippen LogP contribution in [0.5, 0.6) is 0 Å². The summed E-state index contributed by atoms with van der Waals surface area (Å²) in [5, 5.41) is 6.70. The smallest absolute Gasteiger partial charge is 0.0897 e. The Hall–Kier alpha value is -0.450. The maximum Gasteiger partial charge on any atom is 0.0897 e. The molecular formula is C12H23N3S. The second-order valence-corrected chi connectivity index (χ2v) is 5.42. The van der Waals surface area contributed by atoms with Crippen molar-refractivity contribution in [2.45, 2.75) is 39.7 Å². The summed E-state index contributed by atoms with van der Waals surface area (Å²) in [6.07, 6.45) is 3.63. The Balaban J connectivity index is 2.00. The Morgan fingerprint density at radius 1 is 1.50 bits per heavy atom. The van der Waals surface area contributed by atoms with Gasteiger partial charge in [0, 0.05) is 11.9 Å². The second kappa shape index (κ2) is 7.76. The van der Waals surface area contributed by atoms with Gasteiger partial charge in [0.25, 0.3) is 0 Å². The first-order valence-corrected chi connectivity index (χ1v) is 6.92. The van der Waals surface area contributed by atoms with Crippen molar-refractivity contribution in [1.82, 2.24) is 10.3 Å². The third kappa shape index (κ3) is 5.58. The minimum atomic E-state index is 0.758. The number of rotatable bonds is 8. The van der Waals surface area contributed by atoms with Gasteiger partial charge in [-0.25, -0.2) is 4.98 Å². The van der Waals surface area contributed by atoms with Crippen molar-refractivity contribution in [3.05, 3.63) is 16.1 Å². The molecule has 1 aromatic heterocycles. The highest BCUT2D eigenvalue weighted by atomic mass is 32.1. The van der Waals surface area contributed by atoms with Crippen LogP contribution in [-0.2, 0) is 6.54 Å². The summed E-state index contributed by atoms with van der Waals surface area (Å²) in [7, 11) is 0. The Morgan fingerprint density at radius 3 is 2.94 bits per heavy atom. The lowest BCUT2D eigenvalue weighted by Gasteiger charge is -2.09. The van der Waals surface area contributed by atoms with Gasteiger partial charge in [-0.1, -0.05) is 6.92 Å². The molecule has 3 N–H and O–H groups in total. The molecule has 1 atom stereocenters. The molecule has 0 aliphatic carbocycles. The van der Waals surface area contributed by atoms with E-state index in [1.807, 2.05) is 6.92 Å². The standard InChI is InChI=1S/C12H23N3S/c1-10(5-6-13)4-3-7-14-8-12-9-16-11(2)15-12/h9-10,14H,3-8,13H2,1-2H3. The van der Waals surface area contributed by atoms with Crippen LogP contribution in [0.1, 0.15) is 36.9 Å². The van der Waals surface area contributed by atoms with Crippen molar-refractivity contribution in [2.24, 2.45) is 11.7 Å². The zero-order valence-corrected chi connectivity index (χ0v) is 11.1. The molecule has 1 rings (SSSR count). The SMILES string of the molecule is Cc1nc(CNCCCC(C)CCN)cs1. The summed E-state index contributed by atoms with van der Waals surface area (Å²) >= 11 is 1.71. The van der Waals surface area contributed by atoms with E-state index in [1.165, 1.54) is 12.8 Å². The largest absolute Gasteiger partial charge is 0.330 e. The van der Waals surface area contributed by atoms with Crippen molar-refractivity contribution in [1.29, 1.82) is 0 Å². The Kier molecular flexibility index (Phi) is 6.61. The second-order valence-electron chi connectivity index (χ2n) is 4.36. The quantitative estimate of drug-likeness (QED) is 0.687. The van der Waals surface area contributed by atoms with Crippen molar-refractivity contribution in [3.8, 4) is 0 Å². The van der Waals surface area contributed by atoms with E-state index >= 15 is 0 Å². The van der Waals surface area contributed by atoms with Crippen LogP contribution < -0.4 is 11.1 Å². The van der Waals surface area contributed by atoms with Crippen LogP contribution in [0, 0.1) is 12.8 Å². The predicted molar refractivity (Wildman–Crippen MR) is 70.6 cm³/mol. The molecule has 1 heterocycles. The Bertz CT molecular complexity index is 286. The number of nitrogens with zero attached hydrogens (tertiary/aromatic N) is 1. The molecular weight excluding hydrogens is 218 g/mol. The fourth-order valence-electron chi connectivity index (χ4n) is 1.71. The molecule has 92 valence electrons. The minimum Gasteiger partial charge on any atom is -0.330 e. The summed E-state index contributed by atoms with van der Waals surface area (Å²) < 4.78 is 0. The van der Waals surface area contributed by atoms with Crippen LogP contribution in [0.4, 0.5) is 0 Å². The van der Waals surface area contributed by atoms with Gasteiger partial charge in [0.2, 0.25) is 0 Å². The van der Waals surface area contributed by atoms with Gasteiger partial charge in [-0.2, -0.15) is 0 Å². The molecule has 1 unspecified atom stereocenters. The molecule has 0 spiro atoms. The summed E-state index contributed by atoms with van der Waals surface area (Å²) in [4.78, 5) is 4.41. The Morgan fingerprint density at radius 2 is 2.31 bits per heavy atom. The lowest BCUT2D eigenvalue weighted by Crippen LogP contribution is -2.16. The van der Waals surface area contributed by atoms with Crippen LogP contribution in [0.2, 0.25) is 0 Å². The van der Waals surface area contributed by atoms with Crippen molar-refractivity contribution in [2.75, 3.05) is 13.1 Å². The number of hydrogen-bond donors (Lipinski definition) is 2. The lowest BCUT2D eigenvalue weighted by molar-refractivity contribution is 0.468. The van der Waals surface area contributed by atoms with Gasteiger partial charge in [-0.05, 0) is 45.2 Å². The maximum atomic E-state index is 5.52. The monoisotopic (exact) mass is 241 g/mol. The molecule has 0 aromatic carbocycles. The number of nitrogens with two attached hydrogens (primary N) is 1. The molecule has 0 radical (unpaired) electrons. The topological polar surface area (TPSA) is 50.9 Å². The molecule has 1 aromatic rings. The van der Waals surface area contributed by atoms with Gasteiger partial charge in [-0.15, -0.1) is 11.3 Å². The van der Waals surface area contributed by atoms with Crippen LogP contribution in [0.3, 0.4) is 0 Å². The van der Waals surface area contributed by atoms with Gasteiger partial charge in [-0.3, -0.25) is 0 Å². The number of hydrogen-bond acceptors (Lipinski definition) is 4. The average molecular weight is 241 g/mol. The van der Waals surface area contributed by atoms with E-state index in [0.717, 1.165) is 42.7 Å². The van der Waals surface area contributed by atoms with Gasteiger partial charge in [0.05, 0.1) is 10.7 Å². The van der Waals surface area contributed by atoms with Crippen LogP contribution in [0.15, 0.2) is 5.38 Å². The molecule has 3 nitrogen and oxygen atoms in total. The number of aromatic nitrogens is 1.